The van der Waals surface area contributed by atoms with E-state index in [1.807, 2.05) is 24.3 Å². The normalized spacial score (nSPS) is 15.4. The number of benzene rings is 4. The van der Waals surface area contributed by atoms with Gasteiger partial charge in [-0.1, -0.05) is 85.8 Å². The number of amides is 5. The van der Waals surface area contributed by atoms with Crippen molar-refractivity contribution < 1.29 is 42.9 Å². The van der Waals surface area contributed by atoms with Crippen LogP contribution in [0, 0.1) is 0 Å². The molecule has 0 saturated carbocycles. The molecule has 60 heavy (non-hydrogen) atoms. The Morgan fingerprint density at radius 2 is 1.37 bits per heavy atom. The van der Waals surface area contributed by atoms with E-state index in [1.165, 1.54) is 16.7 Å². The molecule has 4 aromatic carbocycles. The lowest BCUT2D eigenvalue weighted by molar-refractivity contribution is -0.136. The van der Waals surface area contributed by atoms with Crippen LogP contribution < -0.4 is 15.4 Å². The lowest BCUT2D eigenvalue weighted by Gasteiger charge is -2.27. The van der Waals surface area contributed by atoms with Crippen molar-refractivity contribution in [2.45, 2.75) is 38.6 Å². The van der Waals surface area contributed by atoms with Gasteiger partial charge < -0.3 is 29.2 Å². The van der Waals surface area contributed by atoms with Gasteiger partial charge in [0.05, 0.1) is 63.7 Å². The van der Waals surface area contributed by atoms with Gasteiger partial charge in [0.15, 0.2) is 0 Å². The molecule has 1 saturated heterocycles. The summed E-state index contributed by atoms with van der Waals surface area (Å²) in [6.45, 7) is 5.32. The van der Waals surface area contributed by atoms with Crippen molar-refractivity contribution in [3.63, 3.8) is 0 Å². The number of carbonyl (C=O) groups is 5. The summed E-state index contributed by atoms with van der Waals surface area (Å²) in [7, 11) is 1.75. The second-order valence-electron chi connectivity index (χ2n) is 14.3. The Hall–Kier alpha value is -6.15. The summed E-state index contributed by atoms with van der Waals surface area (Å²) in [6, 6.07) is 32.9. The average molecular weight is 817 g/mol. The average Bonchev–Trinajstić information content (AvgIpc) is 3.52. The third-order valence-electron chi connectivity index (χ3n) is 10.3. The molecule has 0 aromatic heterocycles. The molecule has 2 aliphatic rings. The zero-order valence-electron chi connectivity index (χ0n) is 34.2. The fourth-order valence-corrected chi connectivity index (χ4v) is 7.24. The number of piperidine rings is 1. The Kier molecular flexibility index (Phi) is 15.7. The first-order valence-electron chi connectivity index (χ1n) is 20.4. The van der Waals surface area contributed by atoms with Crippen molar-refractivity contribution in [1.29, 1.82) is 0 Å². The minimum Gasteiger partial charge on any atom is -0.492 e. The number of likely N-dealkylation sites (N-methyl/N-ethyl adjacent to an activating group) is 1. The number of allylic oxidation sites excluding steroid dienone is 1. The smallest absolute Gasteiger partial charge is 0.264 e. The second kappa shape index (κ2) is 21.7. The first-order chi connectivity index (χ1) is 29.3. The Morgan fingerprint density at radius 3 is 2.03 bits per heavy atom. The molecular weight excluding hydrogens is 765 g/mol. The molecule has 1 unspecified atom stereocenters. The quantitative estimate of drug-likeness (QED) is 0.0562. The number of hydrogen-bond acceptors (Lipinski definition) is 10. The van der Waals surface area contributed by atoms with E-state index < -0.39 is 29.7 Å². The number of fused-ring (bicyclic) bond motifs is 1. The topological polar surface area (TPSA) is 153 Å². The first-order valence-corrected chi connectivity index (χ1v) is 20.4. The van der Waals surface area contributed by atoms with E-state index in [0.717, 1.165) is 28.2 Å². The highest BCUT2D eigenvalue weighted by Gasteiger charge is 2.45. The van der Waals surface area contributed by atoms with Gasteiger partial charge in [-0.05, 0) is 64.9 Å². The molecule has 1 fully saturated rings. The summed E-state index contributed by atoms with van der Waals surface area (Å²) in [5, 5.41) is 5.34. The zero-order valence-corrected chi connectivity index (χ0v) is 34.2. The van der Waals surface area contributed by atoms with Crippen molar-refractivity contribution in [1.82, 2.24) is 15.1 Å². The largest absolute Gasteiger partial charge is 0.492 e. The van der Waals surface area contributed by atoms with Gasteiger partial charge >= 0.3 is 0 Å². The summed E-state index contributed by atoms with van der Waals surface area (Å²) >= 11 is 0. The van der Waals surface area contributed by atoms with Gasteiger partial charge in [-0.25, -0.2) is 0 Å². The van der Waals surface area contributed by atoms with Gasteiger partial charge in [0, 0.05) is 25.7 Å². The lowest BCUT2D eigenvalue weighted by Crippen LogP contribution is -2.54. The first kappa shape index (κ1) is 43.4. The molecule has 0 spiro atoms. The highest BCUT2D eigenvalue weighted by atomic mass is 16.5. The standard InChI is InChI=1S/C47H52N4O9/c1-3-37(33-11-6-4-7-12-33)43(34-13-8-5-9-14-34)35-17-19-36(20-18-35)60-28-25-50(2)42(53)23-26-57-29-31-59-32-30-58-27-24-48-39-16-10-15-38-44(39)47(56)51(46(38)55)40-21-22-41(52)49-45(40)54/h4-20,40,48H,3,21-32H2,1-2H3,(H,49,52,54). The predicted molar refractivity (Wildman–Crippen MR) is 227 cm³/mol. The van der Waals surface area contributed by atoms with Crippen molar-refractivity contribution in [3.8, 4) is 5.75 Å². The van der Waals surface area contributed by atoms with E-state index in [4.69, 9.17) is 18.9 Å². The van der Waals surface area contributed by atoms with Gasteiger partial charge in [0.25, 0.3) is 11.8 Å². The molecule has 13 heteroatoms. The Labute approximate surface area is 350 Å². The summed E-state index contributed by atoms with van der Waals surface area (Å²) < 4.78 is 22.8. The van der Waals surface area contributed by atoms with Crippen molar-refractivity contribution in [3.05, 3.63) is 131 Å². The van der Waals surface area contributed by atoms with Crippen LogP contribution in [0.1, 0.15) is 70.0 Å². The van der Waals surface area contributed by atoms with Crippen LogP contribution in [0.2, 0.25) is 0 Å². The maximum Gasteiger partial charge on any atom is 0.264 e. The number of hydrogen-bond donors (Lipinski definition) is 2. The molecule has 13 nitrogen and oxygen atoms in total. The van der Waals surface area contributed by atoms with Gasteiger partial charge in [0.1, 0.15) is 18.4 Å². The fraction of sp³-hybridized carbons (Fsp3) is 0.340. The van der Waals surface area contributed by atoms with Crippen LogP contribution in [0.4, 0.5) is 5.69 Å². The third-order valence-corrected chi connectivity index (χ3v) is 10.3. The van der Waals surface area contributed by atoms with Crippen LogP contribution in [0.5, 0.6) is 5.75 Å². The third kappa shape index (κ3) is 11.1. The molecule has 6 rings (SSSR count). The molecule has 0 aliphatic carbocycles. The Morgan fingerprint density at radius 1 is 0.733 bits per heavy atom. The van der Waals surface area contributed by atoms with Gasteiger partial charge in [-0.3, -0.25) is 34.2 Å². The molecular formula is C47H52N4O9. The van der Waals surface area contributed by atoms with E-state index in [9.17, 15) is 24.0 Å². The van der Waals surface area contributed by atoms with Crippen LogP contribution in [-0.2, 0) is 28.6 Å². The summed E-state index contributed by atoms with van der Waals surface area (Å²) in [5.74, 6) is -1.49. The minimum absolute atomic E-state index is 0.0365. The zero-order chi connectivity index (χ0) is 42.3. The molecule has 2 aliphatic heterocycles. The number of ether oxygens (including phenoxy) is 4. The van der Waals surface area contributed by atoms with E-state index in [2.05, 4.69) is 78.2 Å². The van der Waals surface area contributed by atoms with Crippen LogP contribution in [0.3, 0.4) is 0 Å². The van der Waals surface area contributed by atoms with E-state index in [0.29, 0.717) is 58.4 Å². The number of anilines is 1. The van der Waals surface area contributed by atoms with Crippen molar-refractivity contribution in [2.75, 3.05) is 71.7 Å². The SMILES string of the molecule is CCC(=C(c1ccccc1)c1ccc(OCCN(C)C(=O)CCOCCOCCOCCNc2cccc3c2C(=O)N(C2CCC(=O)NC2=O)C3=O)cc1)c1ccccc1. The van der Waals surface area contributed by atoms with Crippen molar-refractivity contribution >= 4 is 46.4 Å². The summed E-state index contributed by atoms with van der Waals surface area (Å²) in [4.78, 5) is 65.4. The number of rotatable bonds is 22. The molecule has 2 N–H and O–H groups in total. The van der Waals surface area contributed by atoms with Crippen molar-refractivity contribution in [2.24, 2.45) is 0 Å². The molecule has 314 valence electrons. The highest BCUT2D eigenvalue weighted by Crippen LogP contribution is 2.35. The number of imide groups is 2. The van der Waals surface area contributed by atoms with E-state index in [1.54, 1.807) is 30.1 Å². The molecule has 0 radical (unpaired) electrons. The number of carbonyl (C=O) groups excluding carboxylic acids is 5. The predicted octanol–water partition coefficient (Wildman–Crippen LogP) is 5.85. The molecule has 0 bridgehead atoms. The van der Waals surface area contributed by atoms with Crippen LogP contribution >= 0.6 is 0 Å². The van der Waals surface area contributed by atoms with E-state index in [-0.39, 0.29) is 42.9 Å². The maximum absolute atomic E-state index is 13.2. The molecule has 1 atom stereocenters. The Bertz CT molecular complexity index is 2140. The molecule has 2 heterocycles. The maximum atomic E-state index is 13.2. The van der Waals surface area contributed by atoms with Crippen LogP contribution in [0.15, 0.2) is 103 Å². The van der Waals surface area contributed by atoms with Crippen LogP contribution in [0.25, 0.3) is 11.1 Å². The molecule has 5 amide bonds. The van der Waals surface area contributed by atoms with Gasteiger partial charge in [-0.2, -0.15) is 0 Å². The summed E-state index contributed by atoms with van der Waals surface area (Å²) in [5.41, 5.74) is 6.83. The summed E-state index contributed by atoms with van der Waals surface area (Å²) in [6.07, 6.45) is 1.29. The van der Waals surface area contributed by atoms with Gasteiger partial charge in [-0.15, -0.1) is 0 Å². The number of nitrogens with zero attached hydrogens (tertiary/aromatic N) is 2. The lowest BCUT2D eigenvalue weighted by atomic mass is 9.88. The van der Waals surface area contributed by atoms with Gasteiger partial charge in [0.2, 0.25) is 17.7 Å². The molecule has 4 aromatic rings. The Balaban J connectivity index is 0.820. The van der Waals surface area contributed by atoms with E-state index >= 15 is 0 Å². The monoisotopic (exact) mass is 816 g/mol. The minimum atomic E-state index is -1.02. The van der Waals surface area contributed by atoms with Crippen LogP contribution in [-0.4, -0.2) is 112 Å². The number of nitrogens with one attached hydrogen (secondary N) is 2. The fourth-order valence-electron chi connectivity index (χ4n) is 7.24. The highest BCUT2D eigenvalue weighted by molar-refractivity contribution is 6.25. The second-order valence-corrected chi connectivity index (χ2v) is 14.3.